The maximum atomic E-state index is 11.8. The molecule has 1 amide bonds. The fourth-order valence-corrected chi connectivity index (χ4v) is 2.78. The Bertz CT molecular complexity index is 637. The predicted molar refractivity (Wildman–Crippen MR) is 87.3 cm³/mol. The van der Waals surface area contributed by atoms with Crippen molar-refractivity contribution in [3.05, 3.63) is 34.1 Å². The summed E-state index contributed by atoms with van der Waals surface area (Å²) in [6, 6.07) is 4.87. The third-order valence-corrected chi connectivity index (χ3v) is 4.15. The van der Waals surface area contributed by atoms with Crippen molar-refractivity contribution in [2.24, 2.45) is 0 Å². The first-order valence-corrected chi connectivity index (χ1v) is 8.91. The van der Waals surface area contributed by atoms with Gasteiger partial charge in [0.2, 0.25) is 11.8 Å². The highest BCUT2D eigenvalue weighted by atomic mass is 35.5. The van der Waals surface area contributed by atoms with E-state index in [2.05, 4.69) is 15.5 Å². The summed E-state index contributed by atoms with van der Waals surface area (Å²) < 4.78 is 5.36. The molecule has 2 aromatic rings. The summed E-state index contributed by atoms with van der Waals surface area (Å²) in [6.45, 7) is 0. The van der Waals surface area contributed by atoms with Gasteiger partial charge in [0, 0.05) is 5.02 Å². The summed E-state index contributed by atoms with van der Waals surface area (Å²) in [6.07, 6.45) is 1.94. The Kier molecular flexibility index (Phi) is 6.22. The molecule has 9 heteroatoms. The van der Waals surface area contributed by atoms with E-state index in [0.29, 0.717) is 32.6 Å². The molecular formula is C12H11Cl2N3O2S2. The highest BCUT2D eigenvalue weighted by molar-refractivity contribution is 7.99. The highest BCUT2D eigenvalue weighted by Crippen LogP contribution is 2.26. The van der Waals surface area contributed by atoms with Crippen molar-refractivity contribution < 1.29 is 9.21 Å². The zero-order valence-electron chi connectivity index (χ0n) is 10.9. The number of nitrogens with zero attached hydrogens (tertiary/aromatic N) is 2. The smallest absolute Gasteiger partial charge is 0.277 e. The molecule has 1 N–H and O–H groups in total. The van der Waals surface area contributed by atoms with Crippen LogP contribution in [0, 0.1) is 0 Å². The first-order valence-electron chi connectivity index (χ1n) is 5.77. The molecule has 21 heavy (non-hydrogen) atoms. The maximum Gasteiger partial charge on any atom is 0.277 e. The van der Waals surface area contributed by atoms with Gasteiger partial charge in [-0.25, -0.2) is 0 Å². The van der Waals surface area contributed by atoms with E-state index in [4.69, 9.17) is 27.6 Å². The number of nitrogens with one attached hydrogen (secondary N) is 1. The van der Waals surface area contributed by atoms with Gasteiger partial charge in [0.15, 0.2) is 0 Å². The number of benzene rings is 1. The van der Waals surface area contributed by atoms with Crippen LogP contribution in [-0.2, 0) is 10.5 Å². The normalized spacial score (nSPS) is 10.6. The maximum absolute atomic E-state index is 11.8. The number of halogens is 2. The minimum Gasteiger partial charge on any atom is -0.415 e. The molecule has 1 aromatic heterocycles. The van der Waals surface area contributed by atoms with Crippen molar-refractivity contribution in [3.8, 4) is 0 Å². The monoisotopic (exact) mass is 363 g/mol. The minimum absolute atomic E-state index is 0.153. The molecule has 112 valence electrons. The molecule has 0 spiro atoms. The van der Waals surface area contributed by atoms with Gasteiger partial charge in [-0.05, 0) is 24.5 Å². The zero-order valence-corrected chi connectivity index (χ0v) is 14.1. The Labute approximate surface area is 140 Å². The van der Waals surface area contributed by atoms with Crippen molar-refractivity contribution in [2.45, 2.75) is 11.0 Å². The first-order chi connectivity index (χ1) is 10.1. The largest absolute Gasteiger partial charge is 0.415 e. The lowest BCUT2D eigenvalue weighted by atomic mass is 10.3. The average Bonchev–Trinajstić information content (AvgIpc) is 2.88. The van der Waals surface area contributed by atoms with Gasteiger partial charge in [-0.15, -0.1) is 10.2 Å². The standard InChI is InChI=1S/C12H11Cl2N3O2S2/c1-20-6-11-16-17-12(19-11)21-5-10(18)15-9-3-2-7(13)4-8(9)14/h2-4H,5-6H2,1H3,(H,15,18). The van der Waals surface area contributed by atoms with Gasteiger partial charge in [0.25, 0.3) is 5.22 Å². The Hall–Kier alpha value is -0.890. The summed E-state index contributed by atoms with van der Waals surface area (Å²) in [4.78, 5) is 11.8. The number of thioether (sulfide) groups is 2. The van der Waals surface area contributed by atoms with Crippen LogP contribution in [0.3, 0.4) is 0 Å². The van der Waals surface area contributed by atoms with Crippen LogP contribution in [0.1, 0.15) is 5.89 Å². The topological polar surface area (TPSA) is 68.0 Å². The number of hydrogen-bond acceptors (Lipinski definition) is 6. The molecule has 5 nitrogen and oxygen atoms in total. The molecule has 0 saturated carbocycles. The lowest BCUT2D eigenvalue weighted by Gasteiger charge is -2.06. The summed E-state index contributed by atoms with van der Waals surface area (Å²) in [7, 11) is 0. The molecule has 0 fully saturated rings. The molecule has 0 unspecified atom stereocenters. The van der Waals surface area contributed by atoms with Crippen molar-refractivity contribution in [2.75, 3.05) is 17.3 Å². The van der Waals surface area contributed by atoms with Gasteiger partial charge in [-0.3, -0.25) is 4.79 Å². The molecule has 0 atom stereocenters. The van der Waals surface area contributed by atoms with E-state index in [0.717, 1.165) is 0 Å². The lowest BCUT2D eigenvalue weighted by molar-refractivity contribution is -0.113. The number of anilines is 1. The van der Waals surface area contributed by atoms with Crippen LogP contribution in [-0.4, -0.2) is 28.1 Å². The number of rotatable bonds is 6. The molecule has 0 aliphatic rings. The Balaban J connectivity index is 1.86. The Morgan fingerprint density at radius 1 is 1.38 bits per heavy atom. The van der Waals surface area contributed by atoms with E-state index >= 15 is 0 Å². The molecule has 0 bridgehead atoms. The Morgan fingerprint density at radius 2 is 2.19 bits per heavy atom. The van der Waals surface area contributed by atoms with E-state index in [-0.39, 0.29) is 11.7 Å². The number of hydrogen-bond donors (Lipinski definition) is 1. The fraction of sp³-hybridized carbons (Fsp3) is 0.250. The lowest BCUT2D eigenvalue weighted by Crippen LogP contribution is -2.14. The number of carbonyl (C=O) groups excluding carboxylic acids is 1. The second-order valence-corrected chi connectivity index (χ2v) is 6.49. The van der Waals surface area contributed by atoms with Gasteiger partial charge < -0.3 is 9.73 Å². The summed E-state index contributed by atoms with van der Waals surface area (Å²) >= 11 is 14.5. The third kappa shape index (κ3) is 5.10. The van der Waals surface area contributed by atoms with Gasteiger partial charge in [0.1, 0.15) is 0 Å². The highest BCUT2D eigenvalue weighted by Gasteiger charge is 2.11. The second kappa shape index (κ2) is 7.93. The van der Waals surface area contributed by atoms with Gasteiger partial charge in [0.05, 0.1) is 22.2 Å². The molecule has 2 rings (SSSR count). The SMILES string of the molecule is CSCc1nnc(SCC(=O)Nc2ccc(Cl)cc2Cl)o1. The molecular weight excluding hydrogens is 353 g/mol. The molecule has 1 heterocycles. The van der Waals surface area contributed by atoms with E-state index in [1.165, 1.54) is 11.8 Å². The second-order valence-electron chi connectivity index (χ2n) is 3.86. The van der Waals surface area contributed by atoms with Gasteiger partial charge >= 0.3 is 0 Å². The van der Waals surface area contributed by atoms with E-state index in [1.807, 2.05) is 6.26 Å². The third-order valence-electron chi connectivity index (χ3n) is 2.25. The van der Waals surface area contributed by atoms with E-state index in [9.17, 15) is 4.79 Å². The van der Waals surface area contributed by atoms with Crippen LogP contribution in [0.2, 0.25) is 10.0 Å². The summed E-state index contributed by atoms with van der Waals surface area (Å²) in [5, 5.41) is 11.7. The number of amides is 1. The Morgan fingerprint density at radius 3 is 2.90 bits per heavy atom. The summed E-state index contributed by atoms with van der Waals surface area (Å²) in [5.74, 6) is 1.14. The molecule has 0 radical (unpaired) electrons. The van der Waals surface area contributed by atoms with Crippen LogP contribution in [0.5, 0.6) is 0 Å². The molecule has 0 saturated heterocycles. The van der Waals surface area contributed by atoms with Crippen LogP contribution in [0.25, 0.3) is 0 Å². The van der Waals surface area contributed by atoms with E-state index < -0.39 is 0 Å². The first kappa shape index (κ1) is 16.5. The van der Waals surface area contributed by atoms with E-state index in [1.54, 1.807) is 30.0 Å². The van der Waals surface area contributed by atoms with Crippen LogP contribution in [0.15, 0.2) is 27.8 Å². The predicted octanol–water partition coefficient (Wildman–Crippen LogP) is 3.97. The quantitative estimate of drug-likeness (QED) is 0.783. The molecule has 0 aliphatic carbocycles. The van der Waals surface area contributed by atoms with Crippen molar-refractivity contribution in [1.29, 1.82) is 0 Å². The van der Waals surface area contributed by atoms with Crippen molar-refractivity contribution in [1.82, 2.24) is 10.2 Å². The van der Waals surface area contributed by atoms with Crippen molar-refractivity contribution >= 4 is 58.3 Å². The fourth-order valence-electron chi connectivity index (χ4n) is 1.38. The van der Waals surface area contributed by atoms with Crippen LogP contribution >= 0.6 is 46.7 Å². The minimum atomic E-state index is -0.214. The zero-order chi connectivity index (χ0) is 15.2. The molecule has 1 aromatic carbocycles. The average molecular weight is 364 g/mol. The van der Waals surface area contributed by atoms with Gasteiger partial charge in [-0.1, -0.05) is 35.0 Å². The molecule has 0 aliphatic heterocycles. The van der Waals surface area contributed by atoms with Crippen molar-refractivity contribution in [3.63, 3.8) is 0 Å². The van der Waals surface area contributed by atoms with Gasteiger partial charge in [-0.2, -0.15) is 11.8 Å². The van der Waals surface area contributed by atoms with Crippen LogP contribution in [0.4, 0.5) is 5.69 Å². The number of carbonyl (C=O) groups is 1. The summed E-state index contributed by atoms with van der Waals surface area (Å²) in [5.41, 5.74) is 0.514. The number of aromatic nitrogens is 2. The van der Waals surface area contributed by atoms with Crippen LogP contribution < -0.4 is 5.32 Å².